The molecule has 2 N–H and O–H groups in total. The van der Waals surface area contributed by atoms with Crippen molar-refractivity contribution in [1.29, 1.82) is 0 Å². The van der Waals surface area contributed by atoms with Crippen LogP contribution in [0, 0.1) is 0 Å². The smallest absolute Gasteiger partial charge is 0.0998 e. The molecule has 3 heteroatoms. The van der Waals surface area contributed by atoms with Crippen LogP contribution >= 0.6 is 0 Å². The SMILES string of the molecule is NC(C1=CCCCCC1)C1COCCO1. The zero-order valence-corrected chi connectivity index (χ0v) is 9.28. The van der Waals surface area contributed by atoms with E-state index in [0.29, 0.717) is 19.8 Å². The van der Waals surface area contributed by atoms with Gasteiger partial charge in [0.25, 0.3) is 0 Å². The average Bonchev–Trinajstić information content (AvgIpc) is 2.58. The van der Waals surface area contributed by atoms with Gasteiger partial charge in [-0.3, -0.25) is 0 Å². The van der Waals surface area contributed by atoms with E-state index in [9.17, 15) is 0 Å². The molecule has 2 unspecified atom stereocenters. The van der Waals surface area contributed by atoms with Crippen molar-refractivity contribution in [3.63, 3.8) is 0 Å². The summed E-state index contributed by atoms with van der Waals surface area (Å²) < 4.78 is 11.0. The Bertz CT molecular complexity index is 222. The van der Waals surface area contributed by atoms with Crippen molar-refractivity contribution in [1.82, 2.24) is 0 Å². The zero-order valence-electron chi connectivity index (χ0n) is 9.28. The number of hydrogen-bond acceptors (Lipinski definition) is 3. The molecule has 0 amide bonds. The number of hydrogen-bond donors (Lipinski definition) is 1. The third-order valence-electron chi connectivity index (χ3n) is 3.25. The third kappa shape index (κ3) is 3.03. The Labute approximate surface area is 91.6 Å². The highest BCUT2D eigenvalue weighted by Crippen LogP contribution is 2.22. The van der Waals surface area contributed by atoms with E-state index in [4.69, 9.17) is 15.2 Å². The number of nitrogens with two attached hydrogens (primary N) is 1. The van der Waals surface area contributed by atoms with Crippen LogP contribution in [-0.4, -0.2) is 32.0 Å². The van der Waals surface area contributed by atoms with Crippen LogP contribution in [0.25, 0.3) is 0 Å². The Balaban J connectivity index is 1.92. The molecule has 2 rings (SSSR count). The molecule has 1 aliphatic carbocycles. The van der Waals surface area contributed by atoms with Gasteiger partial charge >= 0.3 is 0 Å². The second kappa shape index (κ2) is 5.64. The van der Waals surface area contributed by atoms with Gasteiger partial charge in [-0.25, -0.2) is 0 Å². The normalized spacial score (nSPS) is 30.5. The van der Waals surface area contributed by atoms with Crippen molar-refractivity contribution in [3.8, 4) is 0 Å². The first-order chi connectivity index (χ1) is 7.38. The van der Waals surface area contributed by atoms with Crippen molar-refractivity contribution in [2.45, 2.75) is 44.2 Å². The number of rotatable bonds is 2. The number of ether oxygens (including phenoxy) is 2. The van der Waals surface area contributed by atoms with Crippen molar-refractivity contribution >= 4 is 0 Å². The first-order valence-corrected chi connectivity index (χ1v) is 6.02. The maximum absolute atomic E-state index is 6.22. The average molecular weight is 211 g/mol. The Hall–Kier alpha value is -0.380. The minimum Gasteiger partial charge on any atom is -0.376 e. The van der Waals surface area contributed by atoms with Gasteiger partial charge in [0, 0.05) is 0 Å². The minimum absolute atomic E-state index is 0.0448. The van der Waals surface area contributed by atoms with Gasteiger partial charge < -0.3 is 15.2 Å². The maximum atomic E-state index is 6.22. The summed E-state index contributed by atoms with van der Waals surface area (Å²) in [7, 11) is 0. The highest BCUT2D eigenvalue weighted by molar-refractivity contribution is 5.13. The van der Waals surface area contributed by atoms with Crippen molar-refractivity contribution in [2.75, 3.05) is 19.8 Å². The van der Waals surface area contributed by atoms with Crippen LogP contribution in [0.4, 0.5) is 0 Å². The summed E-state index contributed by atoms with van der Waals surface area (Å²) in [6, 6.07) is 0.0448. The molecule has 1 heterocycles. The summed E-state index contributed by atoms with van der Waals surface area (Å²) in [5.74, 6) is 0. The zero-order chi connectivity index (χ0) is 10.5. The van der Waals surface area contributed by atoms with Crippen molar-refractivity contribution < 1.29 is 9.47 Å². The van der Waals surface area contributed by atoms with Crippen molar-refractivity contribution in [2.24, 2.45) is 5.73 Å². The van der Waals surface area contributed by atoms with Gasteiger partial charge in [-0.1, -0.05) is 18.1 Å². The van der Waals surface area contributed by atoms with Crippen LogP contribution in [0.15, 0.2) is 11.6 Å². The highest BCUT2D eigenvalue weighted by Gasteiger charge is 2.24. The van der Waals surface area contributed by atoms with Crippen LogP contribution in [0.5, 0.6) is 0 Å². The first-order valence-electron chi connectivity index (χ1n) is 6.02. The molecular formula is C12H21NO2. The fourth-order valence-corrected chi connectivity index (χ4v) is 2.29. The van der Waals surface area contributed by atoms with E-state index in [1.54, 1.807) is 0 Å². The molecule has 1 aliphatic heterocycles. The second-order valence-electron chi connectivity index (χ2n) is 4.39. The van der Waals surface area contributed by atoms with Gasteiger partial charge in [0.2, 0.25) is 0 Å². The lowest BCUT2D eigenvalue weighted by Gasteiger charge is -2.29. The predicted molar refractivity (Wildman–Crippen MR) is 59.7 cm³/mol. The Morgan fingerprint density at radius 2 is 2.20 bits per heavy atom. The van der Waals surface area contributed by atoms with E-state index in [0.717, 1.165) is 6.42 Å². The summed E-state index contributed by atoms with van der Waals surface area (Å²) in [5, 5.41) is 0. The molecule has 2 atom stereocenters. The molecule has 3 nitrogen and oxygen atoms in total. The molecule has 2 aliphatic rings. The third-order valence-corrected chi connectivity index (χ3v) is 3.25. The fraction of sp³-hybridized carbons (Fsp3) is 0.833. The van der Waals surface area contributed by atoms with E-state index in [1.807, 2.05) is 0 Å². The minimum atomic E-state index is 0.0448. The molecule has 1 saturated heterocycles. The van der Waals surface area contributed by atoms with Gasteiger partial charge in [-0.05, 0) is 25.7 Å². The summed E-state index contributed by atoms with van der Waals surface area (Å²) in [5.41, 5.74) is 7.60. The van der Waals surface area contributed by atoms with Crippen LogP contribution in [0.1, 0.15) is 32.1 Å². The van der Waals surface area contributed by atoms with E-state index in [-0.39, 0.29) is 12.1 Å². The predicted octanol–water partition coefficient (Wildman–Crippen LogP) is 1.62. The van der Waals surface area contributed by atoms with Crippen LogP contribution < -0.4 is 5.73 Å². The molecule has 0 radical (unpaired) electrons. The molecule has 0 aromatic rings. The van der Waals surface area contributed by atoms with E-state index in [1.165, 1.54) is 31.3 Å². The lowest BCUT2D eigenvalue weighted by atomic mass is 9.98. The molecule has 86 valence electrons. The Morgan fingerprint density at radius 1 is 1.27 bits per heavy atom. The number of allylic oxidation sites excluding steroid dienone is 1. The molecule has 0 aromatic carbocycles. The summed E-state index contributed by atoms with van der Waals surface area (Å²) in [6.45, 7) is 2.05. The largest absolute Gasteiger partial charge is 0.376 e. The molecule has 0 aromatic heterocycles. The highest BCUT2D eigenvalue weighted by atomic mass is 16.6. The summed E-state index contributed by atoms with van der Waals surface area (Å²) in [4.78, 5) is 0. The Morgan fingerprint density at radius 3 is 3.00 bits per heavy atom. The maximum Gasteiger partial charge on any atom is 0.0998 e. The van der Waals surface area contributed by atoms with Gasteiger partial charge in [0.15, 0.2) is 0 Å². The standard InChI is InChI=1S/C12H21NO2/c13-12(11-9-14-7-8-15-11)10-5-3-1-2-4-6-10/h5,11-12H,1-4,6-9,13H2. The van der Waals surface area contributed by atoms with E-state index in [2.05, 4.69) is 6.08 Å². The Kier molecular flexibility index (Phi) is 4.18. The molecule has 15 heavy (non-hydrogen) atoms. The summed E-state index contributed by atoms with van der Waals surface area (Å²) >= 11 is 0. The lowest BCUT2D eigenvalue weighted by molar-refractivity contribution is -0.0931. The molecule has 0 spiro atoms. The van der Waals surface area contributed by atoms with Gasteiger partial charge in [0.05, 0.1) is 32.0 Å². The molecule has 0 saturated carbocycles. The van der Waals surface area contributed by atoms with Gasteiger partial charge in [-0.2, -0.15) is 0 Å². The first kappa shape index (κ1) is 11.1. The summed E-state index contributed by atoms with van der Waals surface area (Å²) in [6.07, 6.45) is 8.61. The second-order valence-corrected chi connectivity index (χ2v) is 4.39. The lowest BCUT2D eigenvalue weighted by Crippen LogP contribution is -2.44. The fourth-order valence-electron chi connectivity index (χ4n) is 2.29. The van der Waals surface area contributed by atoms with Gasteiger partial charge in [-0.15, -0.1) is 0 Å². The monoisotopic (exact) mass is 211 g/mol. The quantitative estimate of drug-likeness (QED) is 0.706. The van der Waals surface area contributed by atoms with Crippen molar-refractivity contribution in [3.05, 3.63) is 11.6 Å². The topological polar surface area (TPSA) is 44.5 Å². The van der Waals surface area contributed by atoms with Crippen LogP contribution in [-0.2, 0) is 9.47 Å². The molecular weight excluding hydrogens is 190 g/mol. The van der Waals surface area contributed by atoms with E-state index >= 15 is 0 Å². The van der Waals surface area contributed by atoms with E-state index < -0.39 is 0 Å². The van der Waals surface area contributed by atoms with Crippen LogP contribution in [0.2, 0.25) is 0 Å². The van der Waals surface area contributed by atoms with Gasteiger partial charge in [0.1, 0.15) is 0 Å². The molecule has 1 fully saturated rings. The van der Waals surface area contributed by atoms with Crippen LogP contribution in [0.3, 0.4) is 0 Å². The molecule has 0 bridgehead atoms.